The largest absolute Gasteiger partial charge is 0.487 e. The molecule has 1 atom stereocenters. The van der Waals surface area contributed by atoms with Crippen molar-refractivity contribution in [2.75, 3.05) is 0 Å². The Hall–Kier alpha value is -4.22. The summed E-state index contributed by atoms with van der Waals surface area (Å²) < 4.78 is 9.96. The quantitative estimate of drug-likeness (QED) is 0.0993. The molecule has 0 amide bonds. The summed E-state index contributed by atoms with van der Waals surface area (Å²) >= 11 is 5.70. The fourth-order valence-corrected chi connectivity index (χ4v) is 9.08. The number of nitrogens with zero attached hydrogens (tertiary/aromatic N) is 4. The summed E-state index contributed by atoms with van der Waals surface area (Å²) in [7, 11) is 0. The Morgan fingerprint density at radius 1 is 0.915 bits per heavy atom. The molecule has 2 aliphatic rings. The SMILES string of the molecule is O=c1/c(=C/c2cc(I)c(OCc3ccc([N+](=O)[O-])cc3)c(I)c2)sc2n1[C@H](c1cccc([N+](=O)[O-])c1)C1=C(N=2)c2ccccc2CC1. The highest BCUT2D eigenvalue weighted by molar-refractivity contribution is 14.1. The second kappa shape index (κ2) is 12.8. The molecular weight excluding hydrogens is 846 g/mol. The smallest absolute Gasteiger partial charge is 0.271 e. The van der Waals surface area contributed by atoms with Crippen molar-refractivity contribution in [2.24, 2.45) is 4.99 Å². The number of nitro benzene ring substituents is 2. The van der Waals surface area contributed by atoms with Crippen LogP contribution in [-0.2, 0) is 13.0 Å². The van der Waals surface area contributed by atoms with Crippen molar-refractivity contribution >= 4 is 79.7 Å². The number of hydrogen-bond acceptors (Lipinski definition) is 8. The van der Waals surface area contributed by atoms with E-state index in [-0.39, 0.29) is 23.5 Å². The van der Waals surface area contributed by atoms with Gasteiger partial charge in [-0.25, -0.2) is 4.99 Å². The van der Waals surface area contributed by atoms with Crippen LogP contribution in [0, 0.1) is 27.4 Å². The number of fused-ring (bicyclic) bond motifs is 3. The molecule has 0 spiro atoms. The van der Waals surface area contributed by atoms with Crippen molar-refractivity contribution in [1.82, 2.24) is 4.57 Å². The average Bonchev–Trinajstić information content (AvgIpc) is 3.37. The number of allylic oxidation sites excluding steroid dienone is 1. The maximum Gasteiger partial charge on any atom is 0.271 e. The van der Waals surface area contributed by atoms with Gasteiger partial charge in [0.05, 0.1) is 33.3 Å². The molecule has 0 unspecified atom stereocenters. The van der Waals surface area contributed by atoms with Crippen LogP contribution in [0.1, 0.15) is 40.3 Å². The van der Waals surface area contributed by atoms with Crippen molar-refractivity contribution in [3.63, 3.8) is 0 Å². The van der Waals surface area contributed by atoms with Gasteiger partial charge in [0.25, 0.3) is 16.9 Å². The highest BCUT2D eigenvalue weighted by Crippen LogP contribution is 2.41. The lowest BCUT2D eigenvalue weighted by molar-refractivity contribution is -0.385. The lowest BCUT2D eigenvalue weighted by Gasteiger charge is -2.30. The summed E-state index contributed by atoms with van der Waals surface area (Å²) in [5, 5.41) is 22.7. The van der Waals surface area contributed by atoms with Gasteiger partial charge in [-0.3, -0.25) is 29.6 Å². The van der Waals surface area contributed by atoms with E-state index in [4.69, 9.17) is 9.73 Å². The molecule has 0 radical (unpaired) electrons. The standard InChI is InChI=1S/C34H22I2N4O6S/c35-27-14-20(15-28(36)32(27)46-18-19-8-11-23(12-9-19)39(42)43)16-29-33(41)38-31(22-5-3-6-24(17-22)40(44)45)26-13-10-21-4-1-2-7-25(21)30(26)37-34(38)47-29/h1-9,11-12,14-17,31H,10,13,18H2/b29-16-/t31-/m1/s1. The number of aromatic nitrogens is 1. The maximum atomic E-state index is 14.2. The van der Waals surface area contributed by atoms with Crippen LogP contribution < -0.4 is 19.6 Å². The molecule has 10 nitrogen and oxygen atoms in total. The lowest BCUT2D eigenvalue weighted by Crippen LogP contribution is -2.38. The monoisotopic (exact) mass is 868 g/mol. The Morgan fingerprint density at radius 3 is 2.36 bits per heavy atom. The maximum absolute atomic E-state index is 14.2. The summed E-state index contributed by atoms with van der Waals surface area (Å²) in [6.45, 7) is 0.243. The zero-order valence-corrected chi connectivity index (χ0v) is 29.4. The van der Waals surface area contributed by atoms with Gasteiger partial charge in [-0.05, 0) is 116 Å². The molecular formula is C34H22I2N4O6S. The molecule has 13 heteroatoms. The van der Waals surface area contributed by atoms with E-state index in [2.05, 4.69) is 51.2 Å². The number of nitro groups is 2. The lowest BCUT2D eigenvalue weighted by atomic mass is 9.83. The van der Waals surface area contributed by atoms with E-state index in [0.29, 0.717) is 27.1 Å². The first kappa shape index (κ1) is 31.4. The topological polar surface area (TPSA) is 130 Å². The van der Waals surface area contributed by atoms with E-state index in [1.165, 1.54) is 35.1 Å². The van der Waals surface area contributed by atoms with E-state index < -0.39 is 15.9 Å². The van der Waals surface area contributed by atoms with Gasteiger partial charge >= 0.3 is 0 Å². The number of benzene rings is 4. The molecule has 234 valence electrons. The number of thiazole rings is 1. The third kappa shape index (κ3) is 6.02. The van der Waals surface area contributed by atoms with Crippen molar-refractivity contribution in [2.45, 2.75) is 25.5 Å². The van der Waals surface area contributed by atoms with Crippen LogP contribution in [0.4, 0.5) is 11.4 Å². The Kier molecular flexibility index (Phi) is 8.52. The van der Waals surface area contributed by atoms with Crippen LogP contribution in [0.3, 0.4) is 0 Å². The first-order valence-corrected chi connectivity index (χ1v) is 17.4. The fraction of sp³-hybridized carbons (Fsp3) is 0.118. The van der Waals surface area contributed by atoms with Crippen molar-refractivity contribution in [3.05, 3.63) is 165 Å². The average molecular weight is 868 g/mol. The zero-order chi connectivity index (χ0) is 32.8. The van der Waals surface area contributed by atoms with E-state index >= 15 is 0 Å². The predicted octanol–water partition coefficient (Wildman–Crippen LogP) is 6.92. The Labute approximate surface area is 298 Å². The summed E-state index contributed by atoms with van der Waals surface area (Å²) in [5.41, 5.74) is 6.09. The number of halogens is 2. The highest BCUT2D eigenvalue weighted by atomic mass is 127. The van der Waals surface area contributed by atoms with Gasteiger partial charge in [-0.2, -0.15) is 0 Å². The number of rotatable bonds is 7. The van der Waals surface area contributed by atoms with E-state index in [9.17, 15) is 25.0 Å². The van der Waals surface area contributed by atoms with Crippen molar-refractivity contribution in [1.29, 1.82) is 0 Å². The van der Waals surface area contributed by atoms with Crippen molar-refractivity contribution in [3.8, 4) is 5.75 Å². The first-order valence-electron chi connectivity index (χ1n) is 14.4. The molecule has 5 aromatic rings. The van der Waals surface area contributed by atoms with Crippen molar-refractivity contribution < 1.29 is 14.6 Å². The summed E-state index contributed by atoms with van der Waals surface area (Å²) in [4.78, 5) is 41.5. The highest BCUT2D eigenvalue weighted by Gasteiger charge is 2.33. The molecule has 0 fully saturated rings. The minimum Gasteiger partial charge on any atom is -0.487 e. The molecule has 4 aromatic carbocycles. The van der Waals surface area contributed by atoms with Gasteiger partial charge in [-0.15, -0.1) is 0 Å². The molecule has 0 N–H and O–H groups in total. The minimum atomic E-state index is -0.521. The van der Waals surface area contributed by atoms with E-state index in [0.717, 1.165) is 41.5 Å². The second-order valence-electron chi connectivity index (χ2n) is 11.0. The third-order valence-electron chi connectivity index (χ3n) is 8.12. The first-order chi connectivity index (χ1) is 22.7. The summed E-state index contributed by atoms with van der Waals surface area (Å²) in [6, 6.07) is 24.2. The van der Waals surface area contributed by atoms with E-state index in [1.54, 1.807) is 28.8 Å². The van der Waals surface area contributed by atoms with Crippen LogP contribution >= 0.6 is 56.5 Å². The number of aryl methyl sites for hydroxylation is 1. The zero-order valence-electron chi connectivity index (χ0n) is 24.3. The van der Waals surface area contributed by atoms with Gasteiger partial charge in [0.1, 0.15) is 12.4 Å². The van der Waals surface area contributed by atoms with Gasteiger partial charge in [0, 0.05) is 29.8 Å². The van der Waals surface area contributed by atoms with Crippen LogP contribution in [0.5, 0.6) is 5.75 Å². The van der Waals surface area contributed by atoms with Crippen LogP contribution in [0.25, 0.3) is 11.8 Å². The van der Waals surface area contributed by atoms with Gasteiger partial charge in [0.2, 0.25) is 0 Å². The van der Waals surface area contributed by atoms with Crippen LogP contribution in [-0.4, -0.2) is 14.4 Å². The Morgan fingerprint density at radius 2 is 1.64 bits per heavy atom. The molecule has 47 heavy (non-hydrogen) atoms. The molecule has 1 aliphatic carbocycles. The number of hydrogen-bond donors (Lipinski definition) is 0. The van der Waals surface area contributed by atoms with Gasteiger partial charge < -0.3 is 4.74 Å². The molecule has 7 rings (SSSR count). The Balaban J connectivity index is 1.29. The molecule has 0 saturated carbocycles. The van der Waals surface area contributed by atoms with Gasteiger partial charge in [0.15, 0.2) is 4.80 Å². The molecule has 1 aliphatic heterocycles. The molecule has 1 aromatic heterocycles. The molecule has 2 heterocycles. The third-order valence-corrected chi connectivity index (χ3v) is 10.7. The predicted molar refractivity (Wildman–Crippen MR) is 195 cm³/mol. The number of ether oxygens (including phenoxy) is 1. The molecule has 0 bridgehead atoms. The normalized spacial score (nSPS) is 15.4. The minimum absolute atomic E-state index is 0.0222. The van der Waals surface area contributed by atoms with Crippen LogP contribution in [0.2, 0.25) is 0 Å². The number of non-ortho nitro benzene ring substituents is 2. The van der Waals surface area contributed by atoms with E-state index in [1.807, 2.05) is 42.5 Å². The van der Waals surface area contributed by atoms with Gasteiger partial charge in [-0.1, -0.05) is 47.7 Å². The summed E-state index contributed by atoms with van der Waals surface area (Å²) in [5.74, 6) is 0.681. The summed E-state index contributed by atoms with van der Waals surface area (Å²) in [6.07, 6.45) is 3.32. The van der Waals surface area contributed by atoms with Crippen LogP contribution in [0.15, 0.2) is 100 Å². The Bertz CT molecular complexity index is 2310. The fourth-order valence-electron chi connectivity index (χ4n) is 5.95. The second-order valence-corrected chi connectivity index (χ2v) is 14.3. The molecule has 0 saturated heterocycles.